The van der Waals surface area contributed by atoms with Crippen LogP contribution >= 0.6 is 0 Å². The highest BCUT2D eigenvalue weighted by Gasteiger charge is 2.31. The van der Waals surface area contributed by atoms with Gasteiger partial charge in [-0.1, -0.05) is 12.1 Å². The van der Waals surface area contributed by atoms with E-state index >= 15 is 0 Å². The van der Waals surface area contributed by atoms with Gasteiger partial charge in [-0.15, -0.1) is 0 Å². The Bertz CT molecular complexity index is 436. The van der Waals surface area contributed by atoms with Gasteiger partial charge in [0.25, 0.3) is 0 Å². The lowest BCUT2D eigenvalue weighted by Crippen LogP contribution is -2.36. The first-order valence-electron chi connectivity index (χ1n) is 6.45. The third-order valence-electron chi connectivity index (χ3n) is 3.55. The number of nitrogens with two attached hydrogens (primary N) is 1. The fourth-order valence-corrected chi connectivity index (χ4v) is 2.58. The molecule has 4 heteroatoms. The first-order chi connectivity index (χ1) is 8.63. The Morgan fingerprint density at radius 3 is 2.72 bits per heavy atom. The first kappa shape index (κ1) is 13.0. The molecule has 1 aliphatic carbocycles. The van der Waals surface area contributed by atoms with Crippen molar-refractivity contribution in [1.82, 2.24) is 0 Å². The van der Waals surface area contributed by atoms with E-state index in [9.17, 15) is 9.18 Å². The Balaban J connectivity index is 2.19. The molecule has 0 spiro atoms. The molecule has 0 aromatic heterocycles. The Morgan fingerprint density at radius 1 is 1.44 bits per heavy atom. The Kier molecular flexibility index (Phi) is 3.97. The lowest BCUT2D eigenvalue weighted by molar-refractivity contribution is -0.122. The van der Waals surface area contributed by atoms with E-state index in [0.717, 1.165) is 12.8 Å². The quantitative estimate of drug-likeness (QED) is 0.894. The van der Waals surface area contributed by atoms with Gasteiger partial charge in [0.2, 0.25) is 5.91 Å². The average Bonchev–Trinajstić information content (AvgIpc) is 2.79. The van der Waals surface area contributed by atoms with E-state index in [0.29, 0.717) is 18.7 Å². The second-order valence-electron chi connectivity index (χ2n) is 4.80. The second-order valence-corrected chi connectivity index (χ2v) is 4.80. The number of hydrogen-bond acceptors (Lipinski definition) is 2. The van der Waals surface area contributed by atoms with E-state index in [2.05, 4.69) is 0 Å². The summed E-state index contributed by atoms with van der Waals surface area (Å²) in [6.07, 6.45) is 2.40. The van der Waals surface area contributed by atoms with Gasteiger partial charge in [-0.05, 0) is 38.3 Å². The van der Waals surface area contributed by atoms with Crippen molar-refractivity contribution in [2.75, 3.05) is 11.4 Å². The number of hydrogen-bond donors (Lipinski definition) is 1. The van der Waals surface area contributed by atoms with Crippen LogP contribution in [0, 0.1) is 11.7 Å². The normalized spacial score (nSPS) is 23.1. The molecule has 1 amide bonds. The molecule has 2 unspecified atom stereocenters. The molecular formula is C14H19FN2O. The molecule has 1 fully saturated rings. The van der Waals surface area contributed by atoms with Gasteiger partial charge in [0.15, 0.2) is 0 Å². The number of para-hydroxylation sites is 1. The number of nitrogens with zero attached hydrogens (tertiary/aromatic N) is 1. The third-order valence-corrected chi connectivity index (χ3v) is 3.55. The summed E-state index contributed by atoms with van der Waals surface area (Å²) in [5.41, 5.74) is 6.19. The van der Waals surface area contributed by atoms with Crippen LogP contribution in [0.3, 0.4) is 0 Å². The molecule has 0 aliphatic heterocycles. The van der Waals surface area contributed by atoms with Crippen molar-refractivity contribution < 1.29 is 9.18 Å². The van der Waals surface area contributed by atoms with Crippen molar-refractivity contribution in [2.45, 2.75) is 32.2 Å². The zero-order valence-corrected chi connectivity index (χ0v) is 10.6. The zero-order chi connectivity index (χ0) is 13.1. The first-order valence-corrected chi connectivity index (χ1v) is 6.45. The van der Waals surface area contributed by atoms with Crippen molar-refractivity contribution in [2.24, 2.45) is 11.7 Å². The van der Waals surface area contributed by atoms with E-state index in [1.807, 2.05) is 6.92 Å². The Labute approximate surface area is 107 Å². The molecule has 2 atom stereocenters. The minimum absolute atomic E-state index is 0.00412. The summed E-state index contributed by atoms with van der Waals surface area (Å²) in [5, 5.41) is 0. The van der Waals surface area contributed by atoms with Gasteiger partial charge >= 0.3 is 0 Å². The second kappa shape index (κ2) is 5.48. The van der Waals surface area contributed by atoms with E-state index in [4.69, 9.17) is 5.73 Å². The summed E-state index contributed by atoms with van der Waals surface area (Å²) in [7, 11) is 0. The van der Waals surface area contributed by atoms with E-state index in [1.54, 1.807) is 18.2 Å². The summed E-state index contributed by atoms with van der Waals surface area (Å²) >= 11 is 0. The van der Waals surface area contributed by atoms with Crippen LogP contribution in [-0.4, -0.2) is 18.5 Å². The molecule has 0 bridgehead atoms. The monoisotopic (exact) mass is 250 g/mol. The maximum Gasteiger partial charge on any atom is 0.230 e. The van der Waals surface area contributed by atoms with Crippen molar-refractivity contribution in [3.05, 3.63) is 30.1 Å². The molecule has 1 aromatic rings. The molecule has 98 valence electrons. The summed E-state index contributed by atoms with van der Waals surface area (Å²) < 4.78 is 13.7. The van der Waals surface area contributed by atoms with Crippen LogP contribution in [0.5, 0.6) is 0 Å². The van der Waals surface area contributed by atoms with Gasteiger partial charge in [-0.2, -0.15) is 0 Å². The number of carbonyl (C=O) groups is 1. The van der Waals surface area contributed by atoms with Crippen LogP contribution in [0.1, 0.15) is 26.2 Å². The van der Waals surface area contributed by atoms with Crippen molar-refractivity contribution in [3.8, 4) is 0 Å². The summed E-state index contributed by atoms with van der Waals surface area (Å²) in [6, 6.07) is 6.51. The molecule has 0 radical (unpaired) electrons. The smallest absolute Gasteiger partial charge is 0.230 e. The maximum atomic E-state index is 13.7. The Morgan fingerprint density at radius 2 is 2.17 bits per heavy atom. The van der Waals surface area contributed by atoms with Gasteiger partial charge in [-0.3, -0.25) is 4.79 Å². The predicted octanol–water partition coefficient (Wildman–Crippen LogP) is 2.31. The van der Waals surface area contributed by atoms with Crippen LogP contribution in [-0.2, 0) is 4.79 Å². The molecule has 0 saturated heterocycles. The SMILES string of the molecule is CCN(C(=O)C1CCC(N)C1)c1ccccc1F. The summed E-state index contributed by atoms with van der Waals surface area (Å²) in [5.74, 6) is -0.412. The molecule has 1 saturated carbocycles. The highest BCUT2D eigenvalue weighted by Crippen LogP contribution is 2.29. The topological polar surface area (TPSA) is 46.3 Å². The van der Waals surface area contributed by atoms with Crippen LogP contribution in [0.2, 0.25) is 0 Å². The molecule has 0 heterocycles. The number of amides is 1. The third kappa shape index (κ3) is 2.53. The number of benzene rings is 1. The molecular weight excluding hydrogens is 231 g/mol. The van der Waals surface area contributed by atoms with Gasteiger partial charge in [0, 0.05) is 18.5 Å². The van der Waals surface area contributed by atoms with E-state index in [1.165, 1.54) is 11.0 Å². The number of anilines is 1. The molecule has 18 heavy (non-hydrogen) atoms. The standard InChI is InChI=1S/C14H19FN2O/c1-2-17(13-6-4-3-5-12(13)15)14(18)10-7-8-11(16)9-10/h3-6,10-11H,2,7-9,16H2,1H3. The Hall–Kier alpha value is -1.42. The van der Waals surface area contributed by atoms with Gasteiger partial charge in [0.1, 0.15) is 5.82 Å². The van der Waals surface area contributed by atoms with E-state index < -0.39 is 0 Å². The van der Waals surface area contributed by atoms with Crippen molar-refractivity contribution in [1.29, 1.82) is 0 Å². The minimum atomic E-state index is -0.352. The molecule has 1 aliphatic rings. The van der Waals surface area contributed by atoms with Gasteiger partial charge in [-0.25, -0.2) is 4.39 Å². The largest absolute Gasteiger partial charge is 0.328 e. The number of rotatable bonds is 3. The molecule has 2 N–H and O–H groups in total. The van der Waals surface area contributed by atoms with Gasteiger partial charge < -0.3 is 10.6 Å². The summed E-state index contributed by atoms with van der Waals surface area (Å²) in [6.45, 7) is 2.34. The lowest BCUT2D eigenvalue weighted by Gasteiger charge is -2.24. The number of halogens is 1. The molecule has 1 aromatic carbocycles. The highest BCUT2D eigenvalue weighted by atomic mass is 19.1. The zero-order valence-electron chi connectivity index (χ0n) is 10.6. The number of carbonyl (C=O) groups excluding carboxylic acids is 1. The molecule has 2 rings (SSSR count). The lowest BCUT2D eigenvalue weighted by atomic mass is 10.1. The van der Waals surface area contributed by atoms with Crippen LogP contribution in [0.4, 0.5) is 10.1 Å². The van der Waals surface area contributed by atoms with Crippen LogP contribution in [0.15, 0.2) is 24.3 Å². The molecule has 3 nitrogen and oxygen atoms in total. The van der Waals surface area contributed by atoms with E-state index in [-0.39, 0.29) is 23.7 Å². The predicted molar refractivity (Wildman–Crippen MR) is 69.7 cm³/mol. The van der Waals surface area contributed by atoms with Crippen LogP contribution in [0.25, 0.3) is 0 Å². The maximum absolute atomic E-state index is 13.7. The highest BCUT2D eigenvalue weighted by molar-refractivity contribution is 5.95. The van der Waals surface area contributed by atoms with Crippen LogP contribution < -0.4 is 10.6 Å². The minimum Gasteiger partial charge on any atom is -0.328 e. The summed E-state index contributed by atoms with van der Waals surface area (Å²) in [4.78, 5) is 13.9. The van der Waals surface area contributed by atoms with Crippen molar-refractivity contribution >= 4 is 11.6 Å². The average molecular weight is 250 g/mol. The van der Waals surface area contributed by atoms with Gasteiger partial charge in [0.05, 0.1) is 5.69 Å². The fraction of sp³-hybridized carbons (Fsp3) is 0.500. The van der Waals surface area contributed by atoms with Crippen molar-refractivity contribution in [3.63, 3.8) is 0 Å². The fourth-order valence-electron chi connectivity index (χ4n) is 2.58.